The van der Waals surface area contributed by atoms with Crippen LogP contribution in [0.2, 0.25) is 0 Å². The molecule has 2 saturated heterocycles. The Bertz CT molecular complexity index is 789. The Morgan fingerprint density at radius 3 is 2.37 bits per heavy atom. The smallest absolute Gasteiger partial charge is 0.170 e. The van der Waals surface area contributed by atoms with E-state index in [0.717, 1.165) is 77.1 Å². The Balaban J connectivity index is 1.20. The minimum atomic E-state index is 0.634. The first kappa shape index (κ1) is 20.8. The molecule has 0 radical (unpaired) electrons. The number of anilines is 3. The summed E-state index contributed by atoms with van der Waals surface area (Å²) >= 11 is 5.41. The molecule has 3 heterocycles. The Kier molecular flexibility index (Phi) is 7.34. The lowest BCUT2D eigenvalue weighted by molar-refractivity contribution is 0.0389. The van der Waals surface area contributed by atoms with Crippen LogP contribution in [0.25, 0.3) is 0 Å². The Morgan fingerprint density at radius 1 is 0.933 bits per heavy atom. The fraction of sp³-hybridized carbons (Fsp3) is 0.455. The van der Waals surface area contributed by atoms with Crippen molar-refractivity contribution in [2.24, 2.45) is 0 Å². The molecule has 1 aromatic heterocycles. The molecule has 2 aliphatic heterocycles. The molecule has 0 atom stereocenters. The van der Waals surface area contributed by atoms with Crippen molar-refractivity contribution in [3.05, 3.63) is 48.7 Å². The van der Waals surface area contributed by atoms with Gasteiger partial charge in [-0.25, -0.2) is 4.98 Å². The van der Waals surface area contributed by atoms with Crippen LogP contribution in [0, 0.1) is 0 Å². The number of nitrogens with one attached hydrogen (secondary N) is 2. The molecule has 1 aromatic carbocycles. The predicted octanol–water partition coefficient (Wildman–Crippen LogP) is 2.03. The van der Waals surface area contributed by atoms with Crippen LogP contribution in [0.4, 0.5) is 17.2 Å². The van der Waals surface area contributed by atoms with Crippen molar-refractivity contribution >= 4 is 34.5 Å². The summed E-state index contributed by atoms with van der Waals surface area (Å²) in [4.78, 5) is 11.8. The third kappa shape index (κ3) is 5.81. The second kappa shape index (κ2) is 10.6. The number of aromatic nitrogens is 1. The van der Waals surface area contributed by atoms with Crippen LogP contribution in [-0.4, -0.2) is 80.6 Å². The number of piperazine rings is 1. The van der Waals surface area contributed by atoms with E-state index < -0.39 is 0 Å². The van der Waals surface area contributed by atoms with E-state index in [2.05, 4.69) is 66.7 Å². The summed E-state index contributed by atoms with van der Waals surface area (Å²) in [6.45, 7) is 9.36. The number of ether oxygens (including phenoxy) is 1. The largest absolute Gasteiger partial charge is 0.379 e. The molecule has 0 spiro atoms. The molecule has 8 heteroatoms. The van der Waals surface area contributed by atoms with Crippen LogP contribution in [0.15, 0.2) is 48.7 Å². The van der Waals surface area contributed by atoms with Gasteiger partial charge in [-0.2, -0.15) is 0 Å². The second-order valence-corrected chi connectivity index (χ2v) is 7.96. The predicted molar refractivity (Wildman–Crippen MR) is 127 cm³/mol. The lowest BCUT2D eigenvalue weighted by atomic mass is 10.2. The quantitative estimate of drug-likeness (QED) is 0.681. The molecule has 2 aliphatic rings. The van der Waals surface area contributed by atoms with Gasteiger partial charge in [0.25, 0.3) is 0 Å². The third-order valence-corrected chi connectivity index (χ3v) is 5.79. The van der Waals surface area contributed by atoms with Gasteiger partial charge in [0.15, 0.2) is 5.11 Å². The average molecular weight is 427 g/mol. The highest BCUT2D eigenvalue weighted by Gasteiger charge is 2.18. The van der Waals surface area contributed by atoms with Gasteiger partial charge < -0.3 is 25.2 Å². The third-order valence-electron chi connectivity index (χ3n) is 5.55. The highest BCUT2D eigenvalue weighted by molar-refractivity contribution is 7.80. The monoisotopic (exact) mass is 426 g/mol. The van der Waals surface area contributed by atoms with E-state index in [-0.39, 0.29) is 0 Å². The van der Waals surface area contributed by atoms with Gasteiger partial charge in [-0.1, -0.05) is 18.2 Å². The zero-order valence-corrected chi connectivity index (χ0v) is 18.1. The molecule has 30 heavy (non-hydrogen) atoms. The maximum absolute atomic E-state index is 5.41. The van der Waals surface area contributed by atoms with Crippen LogP contribution in [-0.2, 0) is 4.74 Å². The zero-order chi connectivity index (χ0) is 20.6. The number of morpholine rings is 1. The summed E-state index contributed by atoms with van der Waals surface area (Å²) in [6.07, 6.45) is 1.86. The van der Waals surface area contributed by atoms with E-state index in [4.69, 9.17) is 17.0 Å². The van der Waals surface area contributed by atoms with Crippen LogP contribution in [0.5, 0.6) is 0 Å². The topological polar surface area (TPSA) is 55.9 Å². The van der Waals surface area contributed by atoms with Crippen molar-refractivity contribution < 1.29 is 4.74 Å². The molecule has 160 valence electrons. The summed E-state index contributed by atoms with van der Waals surface area (Å²) in [5.41, 5.74) is 2.20. The zero-order valence-electron chi connectivity index (χ0n) is 17.3. The number of rotatable bonds is 6. The SMILES string of the molecule is S=C(NCCN1CCOCC1)Nc1ccc(N2CCN(c3ccccc3)CC2)nc1. The van der Waals surface area contributed by atoms with Gasteiger partial charge in [-0.3, -0.25) is 4.90 Å². The highest BCUT2D eigenvalue weighted by Crippen LogP contribution is 2.20. The van der Waals surface area contributed by atoms with Gasteiger partial charge in [0.05, 0.1) is 25.1 Å². The lowest BCUT2D eigenvalue weighted by Crippen LogP contribution is -2.46. The number of hydrogen-bond acceptors (Lipinski definition) is 6. The first-order chi connectivity index (χ1) is 14.8. The second-order valence-electron chi connectivity index (χ2n) is 7.55. The first-order valence-corrected chi connectivity index (χ1v) is 11.0. The van der Waals surface area contributed by atoms with Gasteiger partial charge >= 0.3 is 0 Å². The van der Waals surface area contributed by atoms with Crippen LogP contribution < -0.4 is 20.4 Å². The van der Waals surface area contributed by atoms with E-state index >= 15 is 0 Å². The van der Waals surface area contributed by atoms with E-state index in [1.165, 1.54) is 5.69 Å². The summed E-state index contributed by atoms with van der Waals surface area (Å²) < 4.78 is 5.37. The fourth-order valence-electron chi connectivity index (χ4n) is 3.81. The Labute approximate surface area is 184 Å². The molecular weight excluding hydrogens is 396 g/mol. The Morgan fingerprint density at radius 2 is 1.67 bits per heavy atom. The van der Waals surface area contributed by atoms with Gasteiger partial charge in [-0.05, 0) is 36.5 Å². The molecule has 2 N–H and O–H groups in total. The number of benzene rings is 1. The van der Waals surface area contributed by atoms with Crippen molar-refractivity contribution in [2.45, 2.75) is 0 Å². The summed E-state index contributed by atoms with van der Waals surface area (Å²) in [5.74, 6) is 1.01. The molecule has 0 bridgehead atoms. The van der Waals surface area contributed by atoms with E-state index in [9.17, 15) is 0 Å². The van der Waals surface area contributed by atoms with E-state index in [0.29, 0.717) is 5.11 Å². The van der Waals surface area contributed by atoms with E-state index in [1.807, 2.05) is 12.3 Å². The van der Waals surface area contributed by atoms with Crippen LogP contribution in [0.1, 0.15) is 0 Å². The normalized spacial score (nSPS) is 17.6. The minimum Gasteiger partial charge on any atom is -0.379 e. The summed E-state index contributed by atoms with van der Waals surface area (Å²) in [5, 5.41) is 7.13. The molecule has 2 aromatic rings. The summed E-state index contributed by atoms with van der Waals surface area (Å²) in [6, 6.07) is 14.7. The average Bonchev–Trinajstić information content (AvgIpc) is 2.81. The summed E-state index contributed by atoms with van der Waals surface area (Å²) in [7, 11) is 0. The van der Waals surface area contributed by atoms with Gasteiger partial charge in [0.1, 0.15) is 5.82 Å². The van der Waals surface area contributed by atoms with Crippen molar-refractivity contribution in [3.8, 4) is 0 Å². The Hall–Kier alpha value is -2.42. The van der Waals surface area contributed by atoms with Crippen LogP contribution in [0.3, 0.4) is 0 Å². The molecule has 0 unspecified atom stereocenters. The molecule has 7 nitrogen and oxygen atoms in total. The number of para-hydroxylation sites is 1. The number of pyridine rings is 1. The number of thiocarbonyl (C=S) groups is 1. The van der Waals surface area contributed by atoms with Gasteiger partial charge in [0, 0.05) is 58.0 Å². The lowest BCUT2D eigenvalue weighted by Gasteiger charge is -2.36. The van der Waals surface area contributed by atoms with Gasteiger partial charge in [0.2, 0.25) is 0 Å². The molecule has 4 rings (SSSR count). The maximum Gasteiger partial charge on any atom is 0.170 e. The van der Waals surface area contributed by atoms with Crippen molar-refractivity contribution in [2.75, 3.05) is 80.7 Å². The molecule has 2 fully saturated rings. The minimum absolute atomic E-state index is 0.634. The van der Waals surface area contributed by atoms with Crippen LogP contribution >= 0.6 is 12.2 Å². The van der Waals surface area contributed by atoms with Crippen molar-refractivity contribution in [1.29, 1.82) is 0 Å². The molecule has 0 saturated carbocycles. The van der Waals surface area contributed by atoms with Crippen molar-refractivity contribution in [3.63, 3.8) is 0 Å². The van der Waals surface area contributed by atoms with Crippen molar-refractivity contribution in [1.82, 2.24) is 15.2 Å². The first-order valence-electron chi connectivity index (χ1n) is 10.6. The fourth-order valence-corrected chi connectivity index (χ4v) is 4.03. The standard InChI is InChI=1S/C22H30N6OS/c30-22(23-8-9-26-14-16-29-17-15-26)25-19-6-7-21(24-18-19)28-12-10-27(11-13-28)20-4-2-1-3-5-20/h1-7,18H,8-17H2,(H2,23,25,30). The van der Waals surface area contributed by atoms with E-state index in [1.54, 1.807) is 0 Å². The molecular formula is C22H30N6OS. The number of nitrogens with zero attached hydrogens (tertiary/aromatic N) is 4. The molecule has 0 aliphatic carbocycles. The maximum atomic E-state index is 5.41. The highest BCUT2D eigenvalue weighted by atomic mass is 32.1. The molecule has 0 amide bonds. The van der Waals surface area contributed by atoms with Gasteiger partial charge in [-0.15, -0.1) is 0 Å². The number of hydrogen-bond donors (Lipinski definition) is 2.